The van der Waals surface area contributed by atoms with E-state index < -0.39 is 12.0 Å². The van der Waals surface area contributed by atoms with Crippen molar-refractivity contribution in [1.29, 1.82) is 0 Å². The summed E-state index contributed by atoms with van der Waals surface area (Å²) in [4.78, 5) is 23.5. The van der Waals surface area contributed by atoms with Crippen LogP contribution in [0.5, 0.6) is 5.75 Å². The molecule has 1 rings (SSSR count). The van der Waals surface area contributed by atoms with Gasteiger partial charge in [0, 0.05) is 14.1 Å². The standard InChI is InChI=1S/C10H12N2O3/c1-12(2)10(14)15-8-6-4-3-5-7(8)9(11)13/h3-6H,1-2H3,(H2,11,13). The SMILES string of the molecule is CN(C)C(=O)Oc1ccccc1C(N)=O. The van der Waals surface area contributed by atoms with Crippen molar-refractivity contribution in [2.45, 2.75) is 0 Å². The molecular formula is C10H12N2O3. The summed E-state index contributed by atoms with van der Waals surface area (Å²) in [5.41, 5.74) is 5.31. The zero-order valence-corrected chi connectivity index (χ0v) is 8.56. The van der Waals surface area contributed by atoms with E-state index in [-0.39, 0.29) is 11.3 Å². The molecule has 0 aromatic heterocycles. The van der Waals surface area contributed by atoms with Crippen molar-refractivity contribution in [3.63, 3.8) is 0 Å². The van der Waals surface area contributed by atoms with Crippen molar-refractivity contribution in [1.82, 2.24) is 4.90 Å². The summed E-state index contributed by atoms with van der Waals surface area (Å²) in [6, 6.07) is 6.32. The number of nitrogens with two attached hydrogens (primary N) is 1. The minimum Gasteiger partial charge on any atom is -0.409 e. The lowest BCUT2D eigenvalue weighted by Gasteiger charge is -2.12. The third kappa shape index (κ3) is 2.70. The average Bonchev–Trinajstić information content (AvgIpc) is 2.18. The third-order valence-corrected chi connectivity index (χ3v) is 1.71. The number of carbonyl (C=O) groups excluding carboxylic acids is 2. The molecule has 5 nitrogen and oxygen atoms in total. The predicted molar refractivity (Wildman–Crippen MR) is 54.7 cm³/mol. The van der Waals surface area contributed by atoms with Crippen LogP contribution < -0.4 is 10.5 Å². The molecule has 0 aliphatic heterocycles. The first-order valence-corrected chi connectivity index (χ1v) is 4.30. The Balaban J connectivity index is 2.94. The van der Waals surface area contributed by atoms with Crippen LogP contribution in [0.25, 0.3) is 0 Å². The van der Waals surface area contributed by atoms with E-state index in [1.165, 1.54) is 17.0 Å². The molecule has 5 heteroatoms. The Morgan fingerprint density at radius 1 is 1.27 bits per heavy atom. The third-order valence-electron chi connectivity index (χ3n) is 1.71. The van der Waals surface area contributed by atoms with Gasteiger partial charge in [0.15, 0.2) is 0 Å². The number of benzene rings is 1. The number of primary amides is 1. The number of para-hydroxylation sites is 1. The molecule has 0 saturated heterocycles. The van der Waals surface area contributed by atoms with Crippen molar-refractivity contribution >= 4 is 12.0 Å². The maximum Gasteiger partial charge on any atom is 0.414 e. The van der Waals surface area contributed by atoms with Crippen LogP contribution in [-0.4, -0.2) is 31.0 Å². The second-order valence-electron chi connectivity index (χ2n) is 3.12. The lowest BCUT2D eigenvalue weighted by atomic mass is 10.2. The molecule has 2 amide bonds. The minimum absolute atomic E-state index is 0.170. The largest absolute Gasteiger partial charge is 0.414 e. The van der Waals surface area contributed by atoms with Gasteiger partial charge in [-0.15, -0.1) is 0 Å². The van der Waals surface area contributed by atoms with E-state index in [0.29, 0.717) is 0 Å². The van der Waals surface area contributed by atoms with Crippen molar-refractivity contribution in [3.8, 4) is 5.75 Å². The first-order chi connectivity index (χ1) is 7.02. The molecule has 0 saturated carbocycles. The molecule has 15 heavy (non-hydrogen) atoms. The van der Waals surface area contributed by atoms with E-state index in [1.807, 2.05) is 0 Å². The van der Waals surface area contributed by atoms with Gasteiger partial charge < -0.3 is 15.4 Å². The van der Waals surface area contributed by atoms with Crippen LogP contribution in [0.1, 0.15) is 10.4 Å². The van der Waals surface area contributed by atoms with E-state index in [1.54, 1.807) is 26.2 Å². The molecule has 2 N–H and O–H groups in total. The van der Waals surface area contributed by atoms with E-state index in [2.05, 4.69) is 0 Å². The fourth-order valence-corrected chi connectivity index (χ4v) is 0.945. The summed E-state index contributed by atoms with van der Waals surface area (Å²) in [7, 11) is 3.10. The zero-order valence-electron chi connectivity index (χ0n) is 8.56. The number of rotatable bonds is 2. The molecule has 0 fully saturated rings. The van der Waals surface area contributed by atoms with Crippen molar-refractivity contribution in [2.24, 2.45) is 5.73 Å². The molecule has 1 aromatic carbocycles. The van der Waals surface area contributed by atoms with Gasteiger partial charge in [0.1, 0.15) is 5.75 Å². The van der Waals surface area contributed by atoms with Gasteiger partial charge in [-0.2, -0.15) is 0 Å². The first-order valence-electron chi connectivity index (χ1n) is 4.30. The summed E-state index contributed by atoms with van der Waals surface area (Å²) >= 11 is 0. The maximum atomic E-state index is 11.2. The highest BCUT2D eigenvalue weighted by molar-refractivity contribution is 5.96. The lowest BCUT2D eigenvalue weighted by Crippen LogP contribution is -2.26. The highest BCUT2D eigenvalue weighted by Crippen LogP contribution is 2.17. The number of nitrogens with zero attached hydrogens (tertiary/aromatic N) is 1. The summed E-state index contributed by atoms with van der Waals surface area (Å²) in [5.74, 6) is -0.458. The molecule has 1 aromatic rings. The molecule has 0 aliphatic rings. The van der Waals surface area contributed by atoms with Crippen LogP contribution in [0.2, 0.25) is 0 Å². The Kier molecular flexibility index (Phi) is 3.28. The molecule has 0 unspecified atom stereocenters. The van der Waals surface area contributed by atoms with Gasteiger partial charge in [0.2, 0.25) is 0 Å². The molecule has 0 bridgehead atoms. The molecular weight excluding hydrogens is 196 g/mol. The molecule has 0 aliphatic carbocycles. The van der Waals surface area contributed by atoms with Gasteiger partial charge in [-0.25, -0.2) is 4.79 Å². The summed E-state index contributed by atoms with van der Waals surface area (Å²) in [5, 5.41) is 0. The number of ether oxygens (including phenoxy) is 1. The monoisotopic (exact) mass is 208 g/mol. The van der Waals surface area contributed by atoms with Crippen LogP contribution in [0.15, 0.2) is 24.3 Å². The van der Waals surface area contributed by atoms with Crippen molar-refractivity contribution < 1.29 is 14.3 Å². The van der Waals surface area contributed by atoms with Gasteiger partial charge >= 0.3 is 6.09 Å². The Morgan fingerprint density at radius 2 is 1.87 bits per heavy atom. The Morgan fingerprint density at radius 3 is 2.40 bits per heavy atom. The van der Waals surface area contributed by atoms with Crippen LogP contribution >= 0.6 is 0 Å². The first kappa shape index (κ1) is 11.0. The van der Waals surface area contributed by atoms with Gasteiger partial charge in [-0.05, 0) is 12.1 Å². The molecule has 0 radical (unpaired) electrons. The van der Waals surface area contributed by atoms with Crippen LogP contribution in [0.3, 0.4) is 0 Å². The summed E-state index contributed by atoms with van der Waals surface area (Å²) in [6.45, 7) is 0. The molecule has 80 valence electrons. The molecule has 0 heterocycles. The molecule has 0 spiro atoms. The Labute approximate surface area is 87.4 Å². The number of hydrogen-bond acceptors (Lipinski definition) is 3. The summed E-state index contributed by atoms with van der Waals surface area (Å²) in [6.07, 6.45) is -0.552. The maximum absolute atomic E-state index is 11.2. The highest BCUT2D eigenvalue weighted by Gasteiger charge is 2.13. The zero-order chi connectivity index (χ0) is 11.4. The smallest absolute Gasteiger partial charge is 0.409 e. The normalized spacial score (nSPS) is 9.47. The predicted octanol–water partition coefficient (Wildman–Crippen LogP) is 0.846. The van der Waals surface area contributed by atoms with Crippen molar-refractivity contribution in [2.75, 3.05) is 14.1 Å². The van der Waals surface area contributed by atoms with Gasteiger partial charge in [-0.1, -0.05) is 12.1 Å². The average molecular weight is 208 g/mol. The lowest BCUT2D eigenvalue weighted by molar-refractivity contribution is 0.0997. The van der Waals surface area contributed by atoms with Crippen molar-refractivity contribution in [3.05, 3.63) is 29.8 Å². The second-order valence-corrected chi connectivity index (χ2v) is 3.12. The van der Waals surface area contributed by atoms with E-state index in [4.69, 9.17) is 10.5 Å². The van der Waals surface area contributed by atoms with Crippen LogP contribution in [0.4, 0.5) is 4.79 Å². The van der Waals surface area contributed by atoms with E-state index in [9.17, 15) is 9.59 Å². The van der Waals surface area contributed by atoms with Gasteiger partial charge in [0.05, 0.1) is 5.56 Å². The van der Waals surface area contributed by atoms with Gasteiger partial charge in [-0.3, -0.25) is 4.79 Å². The van der Waals surface area contributed by atoms with E-state index >= 15 is 0 Å². The topological polar surface area (TPSA) is 72.6 Å². The second kappa shape index (κ2) is 4.45. The minimum atomic E-state index is -0.628. The number of amides is 2. The van der Waals surface area contributed by atoms with Crippen LogP contribution in [-0.2, 0) is 0 Å². The summed E-state index contributed by atoms with van der Waals surface area (Å²) < 4.78 is 4.95. The Hall–Kier alpha value is -2.04. The van der Waals surface area contributed by atoms with Gasteiger partial charge in [0.25, 0.3) is 5.91 Å². The van der Waals surface area contributed by atoms with Crippen LogP contribution in [0, 0.1) is 0 Å². The quantitative estimate of drug-likeness (QED) is 0.782. The fraction of sp³-hybridized carbons (Fsp3) is 0.200. The number of hydrogen-bond donors (Lipinski definition) is 1. The van der Waals surface area contributed by atoms with E-state index in [0.717, 1.165) is 0 Å². The number of carbonyl (C=O) groups is 2. The molecule has 0 atom stereocenters. The Bertz CT molecular complexity index is 388. The highest BCUT2D eigenvalue weighted by atomic mass is 16.6. The fourth-order valence-electron chi connectivity index (χ4n) is 0.945.